The first kappa shape index (κ1) is 91.5. The Labute approximate surface area is 659 Å². The maximum Gasteiger partial charge on any atom is 0.397 e. The van der Waals surface area contributed by atoms with Crippen molar-refractivity contribution in [3.63, 3.8) is 0 Å². The van der Waals surface area contributed by atoms with Crippen LogP contribution in [0.1, 0.15) is 202 Å². The van der Waals surface area contributed by atoms with E-state index in [1.807, 2.05) is 20.8 Å². The SMILES string of the molecule is CCCCO[C@H]1CCN2C(=O)[C@H](CCC3CC(F)C(C(F)(F)F)C(F)C3)NC(=O)CN(C)C(=O)[C@H](CC3CCC(C(F)(F)F)CC3)N3CCCCC[C@@H](C3=O)N(C)C(=O)CN(C)C(=O)[C@H]([C@@H](C)CC)NC(=O)[C@H](CC(C)C)N(C)C(=O)C[C@@H](C(=O)N3CCOCC3)N(C)C(=O)[C@H](C3CCCC3)N(C)C(=O)C3(CCC3)NC(=O)[C@H]12. The molecule has 8 rings (SSSR count). The highest BCUT2D eigenvalue weighted by atomic mass is 19.4. The molecule has 1 spiro atoms. The second kappa shape index (κ2) is 40.2. The number of nitrogens with zero attached hydrogens (tertiary/aromatic N) is 9. The van der Waals surface area contributed by atoms with E-state index < -0.39 is 230 Å². The van der Waals surface area contributed by atoms with Gasteiger partial charge in [0.1, 0.15) is 72.1 Å². The third kappa shape index (κ3) is 22.6. The molecule has 2 bridgehead atoms. The van der Waals surface area contributed by atoms with E-state index in [0.717, 1.165) is 19.6 Å². The zero-order valence-electron chi connectivity index (χ0n) is 67.9. The lowest BCUT2D eigenvalue weighted by molar-refractivity contribution is -0.219. The van der Waals surface area contributed by atoms with Crippen LogP contribution in [-0.2, 0) is 67.0 Å². The van der Waals surface area contributed by atoms with Crippen LogP contribution in [0.15, 0.2) is 0 Å². The van der Waals surface area contributed by atoms with Gasteiger partial charge in [-0.2, -0.15) is 26.3 Å². The normalized spacial score (nSPS) is 31.8. The number of unbranched alkanes of at least 4 members (excludes halogenated alkanes) is 1. The molecule has 0 radical (unpaired) electrons. The smallest absolute Gasteiger partial charge is 0.378 e. The first-order chi connectivity index (χ1) is 53.2. The summed E-state index contributed by atoms with van der Waals surface area (Å²) in [6.07, 6.45) is -14.1. The predicted octanol–water partition coefficient (Wildman–Crippen LogP) is 7.13. The van der Waals surface area contributed by atoms with Crippen molar-refractivity contribution in [2.75, 3.05) is 101 Å². The van der Waals surface area contributed by atoms with Gasteiger partial charge >= 0.3 is 12.4 Å². The van der Waals surface area contributed by atoms with Gasteiger partial charge in [0.2, 0.25) is 70.9 Å². The molecule has 640 valence electrons. The van der Waals surface area contributed by atoms with E-state index in [9.17, 15) is 40.7 Å². The van der Waals surface area contributed by atoms with Crippen molar-refractivity contribution in [1.82, 2.24) is 60.0 Å². The molecular formula is C79H124F8N12O14. The number of ether oxygens (including phenoxy) is 2. The minimum Gasteiger partial charge on any atom is -0.378 e. The average Bonchev–Trinajstić information content (AvgIpc) is 1.74. The number of morpholine rings is 1. The Morgan fingerprint density at radius 1 is 0.593 bits per heavy atom. The van der Waals surface area contributed by atoms with Crippen molar-refractivity contribution < 1.29 is 102 Å². The summed E-state index contributed by atoms with van der Waals surface area (Å²) in [7, 11) is 8.14. The predicted molar refractivity (Wildman–Crippen MR) is 399 cm³/mol. The molecule has 2 unspecified atom stereocenters. The van der Waals surface area contributed by atoms with Gasteiger partial charge in [0, 0.05) is 75.1 Å². The second-order valence-electron chi connectivity index (χ2n) is 33.9. The van der Waals surface area contributed by atoms with Gasteiger partial charge in [0.05, 0.1) is 44.7 Å². The summed E-state index contributed by atoms with van der Waals surface area (Å²) in [5, 5.41) is 8.53. The third-order valence-electron chi connectivity index (χ3n) is 25.6. The van der Waals surface area contributed by atoms with Crippen molar-refractivity contribution in [2.24, 2.45) is 41.4 Å². The van der Waals surface area contributed by atoms with Gasteiger partial charge in [-0.15, -0.1) is 0 Å². The summed E-state index contributed by atoms with van der Waals surface area (Å²) < 4.78 is 128. The lowest BCUT2D eigenvalue weighted by Gasteiger charge is -2.47. The van der Waals surface area contributed by atoms with Crippen LogP contribution in [0.5, 0.6) is 0 Å². The molecule has 4 heterocycles. The van der Waals surface area contributed by atoms with E-state index in [4.69, 9.17) is 9.47 Å². The summed E-state index contributed by atoms with van der Waals surface area (Å²) in [6, 6.07) is -11.4. The van der Waals surface area contributed by atoms with Gasteiger partial charge in [0.25, 0.3) is 0 Å². The van der Waals surface area contributed by atoms with E-state index >= 15 is 51.9 Å². The van der Waals surface area contributed by atoms with Gasteiger partial charge < -0.3 is 69.5 Å². The number of likely N-dealkylation sites (N-methyl/N-ethyl adjacent to an activating group) is 6. The van der Waals surface area contributed by atoms with Gasteiger partial charge in [0.15, 0.2) is 0 Å². The Morgan fingerprint density at radius 3 is 1.81 bits per heavy atom. The van der Waals surface area contributed by atoms with E-state index in [1.54, 1.807) is 13.8 Å². The standard InChI is InChI=1S/C79H124F8N12O14/c1-12-14-37-113-60-30-34-99-67(60)69(104)90-77(31-20-32-77)76(111)96(11)66(51-21-17-18-22-51)75(110)95(10)58(72(107)97-35-38-112-39-36-97)44-62(101)94(9)57(40-47(3)4)68(103)89-65(48(5)13-2)74(109)92(7)46-63(102)93(8)56-23-16-15-19-33-98(73(56)108)59(43-49-24-27-52(28-25-49)78(82,83)84)71(106)91(6)45-61(100)88-55(70(99)105)29-26-50-41-53(80)64(54(81)42-50)79(85,86)87/h47-60,64-67H,12-46H2,1-11H3,(H,88,100)(H,89,103)(H,90,104)/t48-,49?,50?,52?,53?,54?,55-,56-,57-,58-,59-,60-,64?,65-,66-,67-/m0/s1. The van der Waals surface area contributed by atoms with Crippen molar-refractivity contribution in [2.45, 2.75) is 286 Å². The largest absolute Gasteiger partial charge is 0.397 e. The number of hydrogen-bond acceptors (Lipinski definition) is 14. The number of carbonyl (C=O) groups excluding carboxylic acids is 12. The van der Waals surface area contributed by atoms with E-state index in [0.29, 0.717) is 70.6 Å². The first-order valence-electron chi connectivity index (χ1n) is 41.2. The van der Waals surface area contributed by atoms with E-state index in [-0.39, 0.29) is 123 Å². The Morgan fingerprint density at radius 2 is 1.22 bits per heavy atom. The van der Waals surface area contributed by atoms with Crippen LogP contribution in [0.25, 0.3) is 0 Å². The minimum atomic E-state index is -5.22. The molecule has 26 nitrogen and oxygen atoms in total. The molecule has 3 N–H and O–H groups in total. The number of fused-ring (bicyclic) bond motifs is 3. The highest BCUT2D eigenvalue weighted by Crippen LogP contribution is 2.46. The molecule has 4 saturated heterocycles. The Balaban J connectivity index is 1.22. The number of hydrogen-bond donors (Lipinski definition) is 3. The summed E-state index contributed by atoms with van der Waals surface area (Å²) in [5.74, 6) is -16.8. The summed E-state index contributed by atoms with van der Waals surface area (Å²) in [4.78, 5) is 195. The molecule has 4 saturated carbocycles. The topological polar surface area (TPSA) is 289 Å². The van der Waals surface area contributed by atoms with Gasteiger partial charge in [-0.1, -0.05) is 73.1 Å². The monoisotopic (exact) mass is 1620 g/mol. The van der Waals surface area contributed by atoms with Crippen molar-refractivity contribution in [3.8, 4) is 0 Å². The molecule has 34 heteroatoms. The van der Waals surface area contributed by atoms with Gasteiger partial charge in [-0.05, 0) is 152 Å². The molecule has 0 aromatic rings. The molecule has 0 aromatic heterocycles. The fraction of sp³-hybridized carbons (Fsp3) is 0.848. The van der Waals surface area contributed by atoms with Crippen LogP contribution in [-0.4, -0.2) is 301 Å². The molecule has 8 aliphatic rings. The molecule has 113 heavy (non-hydrogen) atoms. The number of halogens is 8. The maximum atomic E-state index is 15.8. The molecule has 4 aliphatic carbocycles. The fourth-order valence-electron chi connectivity index (χ4n) is 18.2. The lowest BCUT2D eigenvalue weighted by Crippen LogP contribution is -2.69. The maximum absolute atomic E-state index is 15.8. The third-order valence-corrected chi connectivity index (χ3v) is 25.6. The molecule has 8 fully saturated rings. The Bertz CT molecular complexity index is 3300. The number of rotatable bonds is 15. The highest BCUT2D eigenvalue weighted by molar-refractivity contribution is 6.01. The van der Waals surface area contributed by atoms with Gasteiger partial charge in [-0.25, -0.2) is 8.78 Å². The molecule has 12 amide bonds. The van der Waals surface area contributed by atoms with Crippen LogP contribution in [0.4, 0.5) is 35.1 Å². The Hall–Kier alpha value is -7.00. The average molecular weight is 1620 g/mol. The molecule has 4 aliphatic heterocycles. The molecule has 12 atom stereocenters. The van der Waals surface area contributed by atoms with E-state index in [1.165, 1.54) is 66.8 Å². The first-order valence-corrected chi connectivity index (χ1v) is 41.2. The van der Waals surface area contributed by atoms with E-state index in [2.05, 4.69) is 16.0 Å². The van der Waals surface area contributed by atoms with Crippen molar-refractivity contribution in [1.29, 1.82) is 0 Å². The number of carbonyl (C=O) groups is 12. The summed E-state index contributed by atoms with van der Waals surface area (Å²) >= 11 is 0. The molecular weight excluding hydrogens is 1490 g/mol. The number of alkyl halides is 8. The van der Waals surface area contributed by atoms with Crippen LogP contribution in [0.3, 0.4) is 0 Å². The van der Waals surface area contributed by atoms with Crippen LogP contribution in [0, 0.1) is 41.4 Å². The molecule has 0 aromatic carbocycles. The number of nitrogens with one attached hydrogen (secondary N) is 3. The van der Waals surface area contributed by atoms with Gasteiger partial charge in [-0.3, -0.25) is 57.5 Å². The zero-order chi connectivity index (χ0) is 83.3. The summed E-state index contributed by atoms with van der Waals surface area (Å²) in [6.45, 7) is 7.88. The van der Waals surface area contributed by atoms with Crippen LogP contribution >= 0.6 is 0 Å². The lowest BCUT2D eigenvalue weighted by atomic mass is 9.74. The Kier molecular flexibility index (Phi) is 32.6. The quantitative estimate of drug-likeness (QED) is 0.109. The summed E-state index contributed by atoms with van der Waals surface area (Å²) in [5.41, 5.74) is -1.72. The fourth-order valence-corrected chi connectivity index (χ4v) is 18.2. The van der Waals surface area contributed by atoms with Crippen LogP contribution < -0.4 is 16.0 Å². The second-order valence-corrected chi connectivity index (χ2v) is 33.9. The zero-order valence-corrected chi connectivity index (χ0v) is 67.9. The van der Waals surface area contributed by atoms with Crippen LogP contribution in [0.2, 0.25) is 0 Å². The van der Waals surface area contributed by atoms with Crippen molar-refractivity contribution >= 4 is 70.9 Å². The highest BCUT2D eigenvalue weighted by Gasteiger charge is 2.57. The van der Waals surface area contributed by atoms with Crippen molar-refractivity contribution in [3.05, 3.63) is 0 Å². The number of amides is 12. The minimum absolute atomic E-state index is 0.00795.